The number of pyridine rings is 1. The summed E-state index contributed by atoms with van der Waals surface area (Å²) in [6.45, 7) is 10.5. The summed E-state index contributed by atoms with van der Waals surface area (Å²) in [5, 5.41) is 9.65. The fourth-order valence-electron chi connectivity index (χ4n) is 3.14. The quantitative estimate of drug-likeness (QED) is 0.498. The number of carboxylic acid groups (broad SMARTS) is 1. The molecule has 0 aliphatic heterocycles. The first-order chi connectivity index (χ1) is 12.0. The maximum Gasteiger partial charge on any atom is 0.433 e. The first-order valence-electron chi connectivity index (χ1n) is 8.15. The van der Waals surface area contributed by atoms with Gasteiger partial charge in [0.25, 0.3) is 0 Å². The van der Waals surface area contributed by atoms with Crippen LogP contribution < -0.4 is 10.4 Å². The van der Waals surface area contributed by atoms with E-state index in [1.165, 1.54) is 0 Å². The predicted molar refractivity (Wildman–Crippen MR) is 107 cm³/mol. The van der Waals surface area contributed by atoms with Crippen LogP contribution in [0.2, 0.25) is 39.3 Å². The van der Waals surface area contributed by atoms with E-state index in [2.05, 4.69) is 20.9 Å². The van der Waals surface area contributed by atoms with Crippen LogP contribution in [-0.2, 0) is 6.18 Å². The SMILES string of the molecule is C[Si](C)(C)c1c(C(F)(F)F)nc2c([Si](C)(C)C)c(F)cc(C(=O)O)c2c1Br. The molecule has 0 saturated carbocycles. The van der Waals surface area contributed by atoms with Crippen molar-refractivity contribution in [3.8, 4) is 0 Å². The van der Waals surface area contributed by atoms with Crippen LogP contribution in [0.5, 0.6) is 0 Å². The smallest absolute Gasteiger partial charge is 0.433 e. The lowest BCUT2D eigenvalue weighted by Gasteiger charge is -2.27. The number of alkyl halides is 3. The number of aromatic nitrogens is 1. The largest absolute Gasteiger partial charge is 0.478 e. The zero-order valence-corrected chi connectivity index (χ0v) is 19.4. The number of benzene rings is 1. The average Bonchev–Trinajstić information content (AvgIpc) is 2.41. The van der Waals surface area contributed by atoms with E-state index in [0.29, 0.717) is 0 Å². The van der Waals surface area contributed by atoms with Crippen LogP contribution in [0, 0.1) is 5.82 Å². The molecule has 0 unspecified atom stereocenters. The van der Waals surface area contributed by atoms with Gasteiger partial charge in [0.1, 0.15) is 11.5 Å². The summed E-state index contributed by atoms with van der Waals surface area (Å²) in [7, 11) is -5.06. The van der Waals surface area contributed by atoms with Crippen LogP contribution in [0.4, 0.5) is 17.6 Å². The van der Waals surface area contributed by atoms with Crippen LogP contribution in [0.15, 0.2) is 10.5 Å². The fourth-order valence-corrected chi connectivity index (χ4v) is 8.88. The Bertz CT molecular complexity index is 948. The number of nitrogens with zero attached hydrogens (tertiary/aromatic N) is 1. The lowest BCUT2D eigenvalue weighted by atomic mass is 10.1. The molecule has 1 N–H and O–H groups in total. The molecule has 0 spiro atoms. The van der Waals surface area contributed by atoms with Gasteiger partial charge in [-0.1, -0.05) is 55.2 Å². The van der Waals surface area contributed by atoms with Crippen molar-refractivity contribution in [2.24, 2.45) is 0 Å². The van der Waals surface area contributed by atoms with E-state index < -0.39 is 45.4 Å². The molecule has 0 saturated heterocycles. The Labute approximate surface area is 164 Å². The van der Waals surface area contributed by atoms with E-state index in [-0.39, 0.29) is 25.7 Å². The van der Waals surface area contributed by atoms with Crippen molar-refractivity contribution in [2.45, 2.75) is 45.5 Å². The second-order valence-electron chi connectivity index (χ2n) is 8.46. The summed E-state index contributed by atoms with van der Waals surface area (Å²) >= 11 is 3.23. The minimum Gasteiger partial charge on any atom is -0.478 e. The fraction of sp³-hybridized carbons (Fsp3) is 0.412. The first-order valence-corrected chi connectivity index (χ1v) is 15.9. The van der Waals surface area contributed by atoms with E-state index in [1.54, 1.807) is 39.3 Å². The number of hydrogen-bond acceptors (Lipinski definition) is 2. The molecule has 0 bridgehead atoms. The Hall–Kier alpha value is -1.27. The van der Waals surface area contributed by atoms with Crippen molar-refractivity contribution in [3.63, 3.8) is 0 Å². The van der Waals surface area contributed by atoms with Crippen molar-refractivity contribution < 1.29 is 27.5 Å². The van der Waals surface area contributed by atoms with Gasteiger partial charge in [-0.05, 0) is 11.3 Å². The lowest BCUT2D eigenvalue weighted by Crippen LogP contribution is -2.46. The van der Waals surface area contributed by atoms with E-state index in [0.717, 1.165) is 6.07 Å². The third-order valence-corrected chi connectivity index (χ3v) is 9.27. The number of fused-ring (bicyclic) bond motifs is 1. The Balaban J connectivity index is 3.27. The number of halogens is 5. The molecule has 0 radical (unpaired) electrons. The van der Waals surface area contributed by atoms with Gasteiger partial charge in [0.15, 0.2) is 0 Å². The summed E-state index contributed by atoms with van der Waals surface area (Å²) in [6.07, 6.45) is -4.74. The molecule has 2 rings (SSSR count). The summed E-state index contributed by atoms with van der Waals surface area (Å²) < 4.78 is 56.3. The molecule has 1 heterocycles. The molecule has 0 amide bonds. The molecule has 3 nitrogen and oxygen atoms in total. The molecule has 1 aromatic carbocycles. The summed E-state index contributed by atoms with van der Waals surface area (Å²) in [4.78, 5) is 15.6. The van der Waals surface area contributed by atoms with E-state index in [4.69, 9.17) is 0 Å². The Morgan fingerprint density at radius 3 is 1.93 bits per heavy atom. The highest BCUT2D eigenvalue weighted by atomic mass is 79.9. The average molecular weight is 482 g/mol. The topological polar surface area (TPSA) is 50.2 Å². The van der Waals surface area contributed by atoms with Gasteiger partial charge in [-0.25, -0.2) is 14.2 Å². The maximum absolute atomic E-state index is 14.8. The zero-order valence-electron chi connectivity index (χ0n) is 15.8. The highest BCUT2D eigenvalue weighted by molar-refractivity contribution is 9.10. The van der Waals surface area contributed by atoms with Crippen molar-refractivity contribution in [1.29, 1.82) is 0 Å². The van der Waals surface area contributed by atoms with Gasteiger partial charge in [-0.2, -0.15) is 13.2 Å². The van der Waals surface area contributed by atoms with E-state index in [9.17, 15) is 27.5 Å². The Morgan fingerprint density at radius 1 is 1.07 bits per heavy atom. The second kappa shape index (κ2) is 6.66. The van der Waals surface area contributed by atoms with Gasteiger partial charge < -0.3 is 5.11 Å². The van der Waals surface area contributed by atoms with Gasteiger partial charge in [-0.15, -0.1) is 0 Å². The van der Waals surface area contributed by atoms with Gasteiger partial charge in [0.05, 0.1) is 27.2 Å². The highest BCUT2D eigenvalue weighted by Crippen LogP contribution is 2.35. The zero-order chi connectivity index (χ0) is 21.1. The van der Waals surface area contributed by atoms with Crippen molar-refractivity contribution in [2.75, 3.05) is 0 Å². The molecule has 2 aromatic rings. The molecule has 0 fully saturated rings. The van der Waals surface area contributed by atoms with Crippen LogP contribution >= 0.6 is 15.9 Å². The van der Waals surface area contributed by atoms with Gasteiger partial charge in [0.2, 0.25) is 0 Å². The molecule has 148 valence electrons. The monoisotopic (exact) mass is 481 g/mol. The third-order valence-electron chi connectivity index (χ3n) is 4.15. The van der Waals surface area contributed by atoms with Crippen LogP contribution in [0.3, 0.4) is 0 Å². The summed E-state index contributed by atoms with van der Waals surface area (Å²) in [5.41, 5.74) is -1.67. The van der Waals surface area contributed by atoms with Crippen molar-refractivity contribution in [1.82, 2.24) is 4.98 Å². The number of aromatic carboxylic acids is 1. The summed E-state index contributed by atoms with van der Waals surface area (Å²) in [5.74, 6) is -2.24. The molecule has 10 heteroatoms. The van der Waals surface area contributed by atoms with Gasteiger partial charge in [0, 0.05) is 15.0 Å². The molecule has 0 aliphatic carbocycles. The van der Waals surface area contributed by atoms with E-state index >= 15 is 0 Å². The van der Waals surface area contributed by atoms with Crippen LogP contribution in [0.1, 0.15) is 16.1 Å². The normalized spacial score (nSPS) is 13.3. The molecular formula is C17H20BrF4NO2Si2. The molecule has 0 atom stereocenters. The Kier molecular flexibility index (Phi) is 5.43. The predicted octanol–water partition coefficient (Wildman–Crippen LogP) is 4.94. The maximum atomic E-state index is 14.8. The Morgan fingerprint density at radius 2 is 1.56 bits per heavy atom. The molecule has 0 aliphatic rings. The lowest BCUT2D eigenvalue weighted by molar-refractivity contribution is -0.140. The summed E-state index contributed by atoms with van der Waals surface area (Å²) in [6, 6.07) is 0.895. The van der Waals surface area contributed by atoms with Crippen LogP contribution in [-0.4, -0.2) is 32.2 Å². The standard InChI is InChI=1S/C17H20BrF4NO2Si2/c1-26(2,3)13-9(19)7-8(16(24)25)10-11(18)14(27(4,5)6)15(17(20,21)22)23-12(10)13/h7H,1-6H3,(H,24,25). The van der Waals surface area contributed by atoms with Crippen molar-refractivity contribution >= 4 is 59.3 Å². The van der Waals surface area contributed by atoms with E-state index in [1.807, 2.05) is 0 Å². The number of carboxylic acids is 1. The number of hydrogen-bond donors (Lipinski definition) is 1. The molecular weight excluding hydrogens is 462 g/mol. The second-order valence-corrected chi connectivity index (χ2v) is 19.2. The first kappa shape index (κ1) is 22.0. The minimum atomic E-state index is -4.74. The number of rotatable bonds is 3. The third kappa shape index (κ3) is 3.97. The molecule has 1 aromatic heterocycles. The number of carbonyl (C=O) groups is 1. The minimum absolute atomic E-state index is 0.0156. The van der Waals surface area contributed by atoms with Gasteiger partial charge in [-0.3, -0.25) is 0 Å². The van der Waals surface area contributed by atoms with Gasteiger partial charge >= 0.3 is 12.1 Å². The highest BCUT2D eigenvalue weighted by Gasteiger charge is 2.42. The van der Waals surface area contributed by atoms with Crippen molar-refractivity contribution in [3.05, 3.63) is 27.6 Å². The van der Waals surface area contributed by atoms with Crippen LogP contribution in [0.25, 0.3) is 10.9 Å². The molecule has 27 heavy (non-hydrogen) atoms.